The summed E-state index contributed by atoms with van der Waals surface area (Å²) >= 11 is 0. The number of aliphatic hydroxyl groups excluding tert-OH is 1. The third-order valence-electron chi connectivity index (χ3n) is 4.74. The molecule has 0 aromatic rings. The van der Waals surface area contributed by atoms with Gasteiger partial charge in [-0.25, -0.2) is 0 Å². The molecule has 1 aliphatic rings. The molecule has 1 aliphatic carbocycles. The van der Waals surface area contributed by atoms with E-state index in [1.165, 1.54) is 29.6 Å². The lowest BCUT2D eigenvalue weighted by molar-refractivity contribution is 0.255. The molecule has 24 heavy (non-hydrogen) atoms. The summed E-state index contributed by atoms with van der Waals surface area (Å²) < 4.78 is 0. The van der Waals surface area contributed by atoms with Crippen LogP contribution in [0.4, 0.5) is 0 Å². The summed E-state index contributed by atoms with van der Waals surface area (Å²) in [7, 11) is 0. The van der Waals surface area contributed by atoms with Crippen LogP contribution >= 0.6 is 0 Å². The number of aliphatic hydroxyl groups is 1. The quantitative estimate of drug-likeness (QED) is 0.448. The molecule has 0 heterocycles. The van der Waals surface area contributed by atoms with Crippen molar-refractivity contribution in [1.29, 1.82) is 0 Å². The van der Waals surface area contributed by atoms with Gasteiger partial charge in [0.15, 0.2) is 0 Å². The van der Waals surface area contributed by atoms with E-state index in [1.807, 2.05) is 19.1 Å². The summed E-state index contributed by atoms with van der Waals surface area (Å²) in [6.45, 7) is 13.2. The largest absolute Gasteiger partial charge is 0.392 e. The summed E-state index contributed by atoms with van der Waals surface area (Å²) in [5.74, 6) is 0.534. The Balaban J connectivity index is 2.71. The van der Waals surface area contributed by atoms with Gasteiger partial charge < -0.3 is 5.11 Å². The molecule has 132 valence electrons. The molecule has 0 saturated heterocycles. The van der Waals surface area contributed by atoms with Crippen molar-refractivity contribution in [3.05, 3.63) is 70.9 Å². The van der Waals surface area contributed by atoms with Gasteiger partial charge in [0.05, 0.1) is 6.61 Å². The number of allylic oxidation sites excluding steroid dienone is 11. The topological polar surface area (TPSA) is 20.2 Å². The molecule has 0 bridgehead atoms. The van der Waals surface area contributed by atoms with Gasteiger partial charge in [-0.15, -0.1) is 0 Å². The third kappa shape index (κ3) is 6.88. The Morgan fingerprint density at radius 2 is 1.79 bits per heavy atom. The molecule has 1 atom stereocenters. The minimum Gasteiger partial charge on any atom is -0.392 e. The van der Waals surface area contributed by atoms with Crippen molar-refractivity contribution in [1.82, 2.24) is 0 Å². The highest BCUT2D eigenvalue weighted by Crippen LogP contribution is 2.41. The Labute approximate surface area is 148 Å². The first-order valence-corrected chi connectivity index (χ1v) is 8.91. The number of rotatable bonds is 6. The van der Waals surface area contributed by atoms with Crippen LogP contribution in [0.15, 0.2) is 70.9 Å². The van der Waals surface area contributed by atoms with Gasteiger partial charge in [-0.2, -0.15) is 0 Å². The lowest BCUT2D eigenvalue weighted by Gasteiger charge is -2.36. The maximum Gasteiger partial charge on any atom is 0.0642 e. The van der Waals surface area contributed by atoms with Gasteiger partial charge in [-0.1, -0.05) is 79.2 Å². The lowest BCUT2D eigenvalue weighted by atomic mass is 9.68. The molecule has 0 fully saturated rings. The molecule has 0 aromatic heterocycles. The molecule has 1 nitrogen and oxygen atoms in total. The Kier molecular flexibility index (Phi) is 8.21. The third-order valence-corrected chi connectivity index (χ3v) is 4.74. The first kappa shape index (κ1) is 20.4. The van der Waals surface area contributed by atoms with E-state index in [2.05, 4.69) is 71.1 Å². The molecular formula is C23H34O. The molecule has 0 radical (unpaired) electrons. The molecule has 0 saturated carbocycles. The van der Waals surface area contributed by atoms with Gasteiger partial charge in [0.1, 0.15) is 0 Å². The van der Waals surface area contributed by atoms with E-state index in [0.29, 0.717) is 11.3 Å². The predicted octanol–water partition coefficient (Wildman–Crippen LogP) is 6.31. The summed E-state index contributed by atoms with van der Waals surface area (Å²) in [4.78, 5) is 0. The molecule has 1 N–H and O–H groups in total. The van der Waals surface area contributed by atoms with Crippen LogP contribution in [-0.2, 0) is 0 Å². The van der Waals surface area contributed by atoms with E-state index in [4.69, 9.17) is 5.11 Å². The zero-order valence-electron chi connectivity index (χ0n) is 16.3. The molecule has 1 rings (SSSR count). The average molecular weight is 327 g/mol. The minimum atomic E-state index is 0.114. The van der Waals surface area contributed by atoms with Crippen molar-refractivity contribution in [3.63, 3.8) is 0 Å². The lowest BCUT2D eigenvalue weighted by Crippen LogP contribution is -2.26. The highest BCUT2D eigenvalue weighted by Gasteiger charge is 2.30. The molecule has 0 amide bonds. The Bertz CT molecular complexity index is 592. The van der Waals surface area contributed by atoms with E-state index < -0.39 is 0 Å². The summed E-state index contributed by atoms with van der Waals surface area (Å²) in [5, 5.41) is 8.98. The highest BCUT2D eigenvalue weighted by atomic mass is 16.3. The molecule has 0 spiro atoms. The van der Waals surface area contributed by atoms with Gasteiger partial charge in [-0.05, 0) is 51.5 Å². The van der Waals surface area contributed by atoms with Crippen molar-refractivity contribution in [3.8, 4) is 0 Å². The van der Waals surface area contributed by atoms with E-state index >= 15 is 0 Å². The summed E-state index contributed by atoms with van der Waals surface area (Å²) in [6, 6.07) is 0. The first-order chi connectivity index (χ1) is 11.3. The van der Waals surface area contributed by atoms with Gasteiger partial charge >= 0.3 is 0 Å². The van der Waals surface area contributed by atoms with Crippen LogP contribution in [0.25, 0.3) is 0 Å². The second kappa shape index (κ2) is 9.64. The fourth-order valence-corrected chi connectivity index (χ4v) is 3.02. The SMILES string of the molecule is CC(C=CC1C(C)=CCCC1(C)C)=CC=CC(C)=CC=C(C)CO. The molecular weight excluding hydrogens is 292 g/mol. The Morgan fingerprint density at radius 3 is 2.42 bits per heavy atom. The predicted molar refractivity (Wildman–Crippen MR) is 107 cm³/mol. The molecule has 1 heteroatoms. The maximum atomic E-state index is 8.98. The molecule has 0 aliphatic heterocycles. The Hall–Kier alpha value is -1.60. The van der Waals surface area contributed by atoms with E-state index in [-0.39, 0.29) is 6.61 Å². The number of hydrogen-bond acceptors (Lipinski definition) is 1. The second-order valence-corrected chi connectivity index (χ2v) is 7.66. The zero-order chi connectivity index (χ0) is 18.2. The highest BCUT2D eigenvalue weighted by molar-refractivity contribution is 5.30. The maximum absolute atomic E-state index is 8.98. The number of hydrogen-bond donors (Lipinski definition) is 1. The van der Waals surface area contributed by atoms with Crippen molar-refractivity contribution in [2.45, 2.75) is 54.4 Å². The van der Waals surface area contributed by atoms with E-state index in [0.717, 1.165) is 5.57 Å². The van der Waals surface area contributed by atoms with Crippen molar-refractivity contribution in [2.75, 3.05) is 6.61 Å². The van der Waals surface area contributed by atoms with Crippen molar-refractivity contribution in [2.24, 2.45) is 11.3 Å². The van der Waals surface area contributed by atoms with Gasteiger partial charge in [0.25, 0.3) is 0 Å². The van der Waals surface area contributed by atoms with Crippen LogP contribution in [-0.4, -0.2) is 11.7 Å². The van der Waals surface area contributed by atoms with Crippen LogP contribution in [0.1, 0.15) is 54.4 Å². The van der Waals surface area contributed by atoms with Gasteiger partial charge in [0.2, 0.25) is 0 Å². The zero-order valence-corrected chi connectivity index (χ0v) is 16.3. The van der Waals surface area contributed by atoms with E-state index in [1.54, 1.807) is 0 Å². The Morgan fingerprint density at radius 1 is 1.12 bits per heavy atom. The molecule has 0 aromatic carbocycles. The average Bonchev–Trinajstić information content (AvgIpc) is 2.51. The van der Waals surface area contributed by atoms with Crippen LogP contribution in [0.5, 0.6) is 0 Å². The van der Waals surface area contributed by atoms with E-state index in [9.17, 15) is 0 Å². The van der Waals surface area contributed by atoms with Crippen LogP contribution in [0.3, 0.4) is 0 Å². The van der Waals surface area contributed by atoms with Crippen LogP contribution in [0, 0.1) is 11.3 Å². The second-order valence-electron chi connectivity index (χ2n) is 7.66. The smallest absolute Gasteiger partial charge is 0.0642 e. The van der Waals surface area contributed by atoms with Crippen molar-refractivity contribution >= 4 is 0 Å². The fraction of sp³-hybridized carbons (Fsp3) is 0.478. The normalized spacial score (nSPS) is 23.2. The first-order valence-electron chi connectivity index (χ1n) is 8.91. The summed E-state index contributed by atoms with van der Waals surface area (Å²) in [6.07, 6.45) is 19.8. The standard InChI is InChI=1S/C23H34O/c1-18(12-13-20(3)17-24)9-7-10-19(2)14-15-22-21(4)11-8-16-23(22,5)6/h7,9-15,22,24H,8,16-17H2,1-6H3. The van der Waals surface area contributed by atoms with Crippen molar-refractivity contribution < 1.29 is 5.11 Å². The van der Waals surface area contributed by atoms with Gasteiger partial charge in [0, 0.05) is 5.92 Å². The molecule has 1 unspecified atom stereocenters. The minimum absolute atomic E-state index is 0.114. The van der Waals surface area contributed by atoms with Crippen LogP contribution in [0.2, 0.25) is 0 Å². The summed E-state index contributed by atoms with van der Waals surface area (Å²) in [5.41, 5.74) is 5.24. The fourth-order valence-electron chi connectivity index (χ4n) is 3.02. The van der Waals surface area contributed by atoms with Gasteiger partial charge in [-0.3, -0.25) is 0 Å². The van der Waals surface area contributed by atoms with Crippen LogP contribution < -0.4 is 0 Å². The monoisotopic (exact) mass is 326 g/mol.